The first-order valence-corrected chi connectivity index (χ1v) is 7.93. The van der Waals surface area contributed by atoms with Crippen LogP contribution in [0.15, 0.2) is 42.5 Å². The second-order valence-electron chi connectivity index (χ2n) is 6.42. The molecule has 0 amide bonds. The number of hydrogen-bond donors (Lipinski definition) is 2. The highest BCUT2D eigenvalue weighted by Crippen LogP contribution is 2.28. The summed E-state index contributed by atoms with van der Waals surface area (Å²) in [6.07, 6.45) is 0. The molecule has 2 rings (SSSR count). The van der Waals surface area contributed by atoms with E-state index in [0.717, 1.165) is 12.1 Å². The van der Waals surface area contributed by atoms with E-state index in [1.807, 2.05) is 32.0 Å². The third-order valence-corrected chi connectivity index (χ3v) is 3.87. The number of rotatable bonds is 8. The summed E-state index contributed by atoms with van der Waals surface area (Å²) in [5, 5.41) is 11.4. The minimum Gasteiger partial charge on any atom is -0.493 e. The third kappa shape index (κ3) is 4.94. The van der Waals surface area contributed by atoms with Crippen LogP contribution in [0.1, 0.15) is 25.0 Å². The number of benzene rings is 2. The Morgan fingerprint density at radius 2 is 1.88 bits per heavy atom. The summed E-state index contributed by atoms with van der Waals surface area (Å²) in [5.74, 6) is 0.902. The number of nitrogens with two attached hydrogens (primary N) is 1. The lowest BCUT2D eigenvalue weighted by molar-refractivity contribution is -0.736. The molecule has 0 heterocycles. The average molecular weight is 334 g/mol. The van der Waals surface area contributed by atoms with E-state index in [0.29, 0.717) is 17.1 Å². The topological polar surface area (TPSA) is 55.3 Å². The second-order valence-corrected chi connectivity index (χ2v) is 6.42. The fraction of sp³-hybridized carbons (Fsp3) is 0.368. The number of ether oxygens (including phenoxy) is 2. The molecular formula is C19H25FNO3+. The Morgan fingerprint density at radius 1 is 1.12 bits per heavy atom. The predicted octanol–water partition coefficient (Wildman–Crippen LogP) is 2.25. The Hall–Kier alpha value is -2.11. The molecule has 0 bridgehead atoms. The maximum absolute atomic E-state index is 13.6. The van der Waals surface area contributed by atoms with Crippen molar-refractivity contribution in [3.05, 3.63) is 59.4 Å². The summed E-state index contributed by atoms with van der Waals surface area (Å²) in [4.78, 5) is 0. The molecule has 0 fully saturated rings. The zero-order valence-corrected chi connectivity index (χ0v) is 14.4. The van der Waals surface area contributed by atoms with E-state index in [-0.39, 0.29) is 24.6 Å². The van der Waals surface area contributed by atoms with E-state index in [9.17, 15) is 9.50 Å². The van der Waals surface area contributed by atoms with Crippen molar-refractivity contribution in [2.75, 3.05) is 13.7 Å². The average Bonchev–Trinajstić information content (AvgIpc) is 2.59. The highest BCUT2D eigenvalue weighted by atomic mass is 19.1. The molecule has 0 aliphatic rings. The quantitative estimate of drug-likeness (QED) is 0.778. The smallest absolute Gasteiger partial charge is 0.161 e. The van der Waals surface area contributed by atoms with Crippen molar-refractivity contribution in [1.29, 1.82) is 0 Å². The van der Waals surface area contributed by atoms with Gasteiger partial charge in [-0.15, -0.1) is 0 Å². The molecule has 0 aliphatic carbocycles. The van der Waals surface area contributed by atoms with E-state index in [2.05, 4.69) is 5.32 Å². The van der Waals surface area contributed by atoms with Gasteiger partial charge in [-0.05, 0) is 38.1 Å². The molecule has 0 saturated heterocycles. The van der Waals surface area contributed by atoms with Crippen molar-refractivity contribution < 1.29 is 24.3 Å². The first kappa shape index (κ1) is 18.2. The molecule has 4 nitrogen and oxygen atoms in total. The van der Waals surface area contributed by atoms with Gasteiger partial charge in [0.15, 0.2) is 11.5 Å². The van der Waals surface area contributed by atoms with Gasteiger partial charge in [0, 0.05) is 11.1 Å². The van der Waals surface area contributed by atoms with Gasteiger partial charge < -0.3 is 19.9 Å². The van der Waals surface area contributed by atoms with Crippen molar-refractivity contribution in [2.45, 2.75) is 32.5 Å². The molecule has 2 aromatic carbocycles. The Morgan fingerprint density at radius 3 is 2.54 bits per heavy atom. The number of quaternary nitrogens is 1. The zero-order valence-electron chi connectivity index (χ0n) is 14.4. The van der Waals surface area contributed by atoms with Crippen LogP contribution in [-0.4, -0.2) is 24.4 Å². The monoisotopic (exact) mass is 334 g/mol. The summed E-state index contributed by atoms with van der Waals surface area (Å²) < 4.78 is 24.7. The van der Waals surface area contributed by atoms with Gasteiger partial charge in [-0.25, -0.2) is 4.39 Å². The molecule has 0 saturated carbocycles. The van der Waals surface area contributed by atoms with Gasteiger partial charge >= 0.3 is 0 Å². The van der Waals surface area contributed by atoms with Crippen LogP contribution in [0.3, 0.4) is 0 Å². The standard InChI is InChI=1S/C19H24FNO3/c1-19(2,13-22)21-11-14-8-9-17(18(10-14)23-3)24-12-15-6-4-5-7-16(15)20/h4-10,21-22H,11-13H2,1-3H3/p+1. The first-order chi connectivity index (χ1) is 11.4. The summed E-state index contributed by atoms with van der Waals surface area (Å²) >= 11 is 0. The second kappa shape index (κ2) is 8.13. The molecule has 0 aromatic heterocycles. The fourth-order valence-corrected chi connectivity index (χ4v) is 2.19. The Bertz CT molecular complexity index is 673. The molecule has 5 heteroatoms. The lowest BCUT2D eigenvalue weighted by Crippen LogP contribution is -2.95. The van der Waals surface area contributed by atoms with Crippen LogP contribution >= 0.6 is 0 Å². The van der Waals surface area contributed by atoms with Gasteiger partial charge in [0.25, 0.3) is 0 Å². The number of aliphatic hydroxyl groups is 1. The van der Waals surface area contributed by atoms with Crippen molar-refractivity contribution >= 4 is 0 Å². The van der Waals surface area contributed by atoms with Crippen LogP contribution in [0.4, 0.5) is 4.39 Å². The molecule has 0 radical (unpaired) electrons. The number of methoxy groups -OCH3 is 1. The molecule has 3 N–H and O–H groups in total. The summed E-state index contributed by atoms with van der Waals surface area (Å²) in [5.41, 5.74) is 1.33. The van der Waals surface area contributed by atoms with E-state index in [1.165, 1.54) is 6.07 Å². The highest BCUT2D eigenvalue weighted by Gasteiger charge is 2.19. The van der Waals surface area contributed by atoms with Crippen LogP contribution in [0.25, 0.3) is 0 Å². The minimum atomic E-state index is -0.283. The Labute approximate surface area is 142 Å². The van der Waals surface area contributed by atoms with Gasteiger partial charge in [0.1, 0.15) is 24.5 Å². The third-order valence-electron chi connectivity index (χ3n) is 3.87. The normalized spacial score (nSPS) is 11.4. The SMILES string of the molecule is COc1cc(C[NH2+]C(C)(C)CO)ccc1OCc1ccccc1F. The Kier molecular flexibility index (Phi) is 6.17. The van der Waals surface area contributed by atoms with Crippen molar-refractivity contribution in [3.63, 3.8) is 0 Å². The Balaban J connectivity index is 2.05. The maximum atomic E-state index is 13.6. The molecule has 0 spiro atoms. The molecule has 0 unspecified atom stereocenters. The predicted molar refractivity (Wildman–Crippen MR) is 90.5 cm³/mol. The summed E-state index contributed by atoms with van der Waals surface area (Å²) in [6, 6.07) is 12.2. The van der Waals surface area contributed by atoms with Gasteiger partial charge in [-0.2, -0.15) is 0 Å². The number of halogens is 1. The number of hydrogen-bond acceptors (Lipinski definition) is 3. The zero-order chi connectivity index (χ0) is 17.6. The van der Waals surface area contributed by atoms with Crippen LogP contribution < -0.4 is 14.8 Å². The molecule has 0 aliphatic heterocycles. The van der Waals surface area contributed by atoms with Crippen LogP contribution in [-0.2, 0) is 13.2 Å². The molecule has 130 valence electrons. The highest BCUT2D eigenvalue weighted by molar-refractivity contribution is 5.42. The van der Waals surface area contributed by atoms with E-state index in [4.69, 9.17) is 9.47 Å². The van der Waals surface area contributed by atoms with Gasteiger partial charge in [-0.1, -0.05) is 18.2 Å². The lowest BCUT2D eigenvalue weighted by atomic mass is 10.1. The van der Waals surface area contributed by atoms with E-state index >= 15 is 0 Å². The lowest BCUT2D eigenvalue weighted by Gasteiger charge is -2.20. The van der Waals surface area contributed by atoms with E-state index < -0.39 is 0 Å². The molecule has 0 atom stereocenters. The van der Waals surface area contributed by atoms with Crippen LogP contribution in [0.2, 0.25) is 0 Å². The van der Waals surface area contributed by atoms with Crippen molar-refractivity contribution in [3.8, 4) is 11.5 Å². The van der Waals surface area contributed by atoms with Crippen molar-refractivity contribution in [1.82, 2.24) is 0 Å². The van der Waals surface area contributed by atoms with Gasteiger partial charge in [0.05, 0.1) is 13.7 Å². The number of aliphatic hydroxyl groups excluding tert-OH is 1. The molecule has 2 aromatic rings. The largest absolute Gasteiger partial charge is 0.493 e. The molecule has 24 heavy (non-hydrogen) atoms. The summed E-state index contributed by atoms with van der Waals surface area (Å²) in [6.45, 7) is 4.93. The summed E-state index contributed by atoms with van der Waals surface area (Å²) in [7, 11) is 1.58. The first-order valence-electron chi connectivity index (χ1n) is 7.93. The van der Waals surface area contributed by atoms with E-state index in [1.54, 1.807) is 25.3 Å². The van der Waals surface area contributed by atoms with Gasteiger partial charge in [-0.3, -0.25) is 0 Å². The minimum absolute atomic E-state index is 0.105. The van der Waals surface area contributed by atoms with Crippen molar-refractivity contribution in [2.24, 2.45) is 0 Å². The van der Waals surface area contributed by atoms with Crippen LogP contribution in [0.5, 0.6) is 11.5 Å². The maximum Gasteiger partial charge on any atom is 0.161 e. The fourth-order valence-electron chi connectivity index (χ4n) is 2.19. The van der Waals surface area contributed by atoms with Crippen LogP contribution in [0, 0.1) is 5.82 Å². The molecular weight excluding hydrogens is 309 g/mol. The van der Waals surface area contributed by atoms with Gasteiger partial charge in [0.2, 0.25) is 0 Å².